The minimum Gasteiger partial charge on any atom is -0.386 e. The Bertz CT molecular complexity index is 497. The first-order valence-electron chi connectivity index (χ1n) is 5.47. The average molecular weight is 298 g/mol. The van der Waals surface area contributed by atoms with Gasteiger partial charge in [-0.1, -0.05) is 22.9 Å². The second-order valence-corrected chi connectivity index (χ2v) is 4.93. The summed E-state index contributed by atoms with van der Waals surface area (Å²) in [5.74, 6) is 0.369. The van der Waals surface area contributed by atoms with Gasteiger partial charge in [0.25, 0.3) is 0 Å². The number of amidine groups is 1. The average Bonchev–Trinajstić information content (AvgIpc) is 2.30. The zero-order chi connectivity index (χ0) is 12.4. The van der Waals surface area contributed by atoms with Gasteiger partial charge in [-0.25, -0.2) is 4.39 Å². The molecule has 1 aromatic carbocycles. The minimum absolute atomic E-state index is 0.142. The van der Waals surface area contributed by atoms with Gasteiger partial charge in [-0.15, -0.1) is 5.10 Å². The van der Waals surface area contributed by atoms with E-state index in [0.717, 1.165) is 6.42 Å². The van der Waals surface area contributed by atoms with Gasteiger partial charge >= 0.3 is 0 Å². The van der Waals surface area contributed by atoms with E-state index >= 15 is 0 Å². The second-order valence-electron chi connectivity index (χ2n) is 4.01. The highest BCUT2D eigenvalue weighted by atomic mass is 79.9. The topological polar surface area (TPSA) is 50.7 Å². The number of hydrogen-bond donors (Lipinski definition) is 1. The number of benzene rings is 1. The Labute approximate surface area is 108 Å². The van der Waals surface area contributed by atoms with Crippen molar-refractivity contribution in [2.45, 2.75) is 19.8 Å². The Morgan fingerprint density at radius 2 is 2.24 bits per heavy atom. The van der Waals surface area contributed by atoms with Gasteiger partial charge in [0.1, 0.15) is 11.7 Å². The third-order valence-electron chi connectivity index (χ3n) is 2.83. The zero-order valence-corrected chi connectivity index (χ0v) is 11.0. The van der Waals surface area contributed by atoms with E-state index in [1.807, 2.05) is 6.92 Å². The molecule has 90 valence electrons. The van der Waals surface area contributed by atoms with Crippen molar-refractivity contribution in [3.8, 4) is 0 Å². The minimum atomic E-state index is -0.285. The summed E-state index contributed by atoms with van der Waals surface area (Å²) in [4.78, 5) is 0. The molecule has 1 heterocycles. The molecule has 0 aromatic heterocycles. The van der Waals surface area contributed by atoms with Crippen molar-refractivity contribution in [3.05, 3.63) is 34.1 Å². The highest BCUT2D eigenvalue weighted by Crippen LogP contribution is 2.24. The maximum Gasteiger partial charge on any atom is 0.133 e. The summed E-state index contributed by atoms with van der Waals surface area (Å²) >= 11 is 3.23. The summed E-state index contributed by atoms with van der Waals surface area (Å²) in [5, 5.41) is 7.90. The molecule has 0 spiro atoms. The van der Waals surface area contributed by atoms with Crippen LogP contribution in [-0.2, 0) is 0 Å². The summed E-state index contributed by atoms with van der Waals surface area (Å²) in [5.41, 5.74) is 6.84. The molecular weight excluding hydrogens is 285 g/mol. The molecular formula is C12H13BrFN3. The van der Waals surface area contributed by atoms with Crippen LogP contribution in [0.3, 0.4) is 0 Å². The molecule has 0 radical (unpaired) electrons. The predicted molar refractivity (Wildman–Crippen MR) is 70.7 cm³/mol. The fourth-order valence-electron chi connectivity index (χ4n) is 1.90. The standard InChI is InChI=1S/C12H13BrFN3/c1-2-7-5-11(15)16-17-12(7)9-4-3-8(13)6-10(9)14/h3-4,6-7H,2,5H2,1H3,(H2,15,16). The molecule has 2 rings (SSSR count). The Hall–Kier alpha value is -1.23. The van der Waals surface area contributed by atoms with Gasteiger partial charge in [-0.3, -0.25) is 0 Å². The summed E-state index contributed by atoms with van der Waals surface area (Å²) in [6.07, 6.45) is 1.51. The van der Waals surface area contributed by atoms with Crippen molar-refractivity contribution >= 4 is 27.5 Å². The molecule has 1 aliphatic rings. The van der Waals surface area contributed by atoms with Crippen LogP contribution < -0.4 is 5.73 Å². The molecule has 0 amide bonds. The van der Waals surface area contributed by atoms with Crippen molar-refractivity contribution in [1.29, 1.82) is 0 Å². The van der Waals surface area contributed by atoms with Crippen LogP contribution in [0.2, 0.25) is 0 Å². The molecule has 1 aliphatic heterocycles. The highest BCUT2D eigenvalue weighted by molar-refractivity contribution is 9.10. The molecule has 0 saturated carbocycles. The number of rotatable bonds is 2. The van der Waals surface area contributed by atoms with E-state index in [4.69, 9.17) is 5.73 Å². The van der Waals surface area contributed by atoms with Crippen molar-refractivity contribution < 1.29 is 4.39 Å². The normalized spacial score (nSPS) is 19.8. The maximum atomic E-state index is 13.9. The van der Waals surface area contributed by atoms with Crippen LogP contribution in [0.4, 0.5) is 4.39 Å². The molecule has 1 aromatic rings. The fraction of sp³-hybridized carbons (Fsp3) is 0.333. The van der Waals surface area contributed by atoms with Gasteiger partial charge in [-0.2, -0.15) is 5.10 Å². The largest absolute Gasteiger partial charge is 0.386 e. The second kappa shape index (κ2) is 4.96. The molecule has 1 unspecified atom stereocenters. The van der Waals surface area contributed by atoms with Gasteiger partial charge in [0.05, 0.1) is 5.71 Å². The Morgan fingerprint density at radius 3 is 2.88 bits per heavy atom. The van der Waals surface area contributed by atoms with E-state index < -0.39 is 0 Å². The maximum absolute atomic E-state index is 13.9. The van der Waals surface area contributed by atoms with Crippen LogP contribution >= 0.6 is 15.9 Å². The molecule has 5 heteroatoms. The van der Waals surface area contributed by atoms with E-state index in [-0.39, 0.29) is 11.7 Å². The summed E-state index contributed by atoms with van der Waals surface area (Å²) in [6, 6.07) is 4.96. The first kappa shape index (κ1) is 12.2. The van der Waals surface area contributed by atoms with Crippen LogP contribution in [0.1, 0.15) is 25.3 Å². The van der Waals surface area contributed by atoms with Crippen LogP contribution in [0.25, 0.3) is 0 Å². The fourth-order valence-corrected chi connectivity index (χ4v) is 2.23. The molecule has 3 nitrogen and oxygen atoms in total. The molecule has 1 atom stereocenters. The van der Waals surface area contributed by atoms with Crippen molar-refractivity contribution in [2.75, 3.05) is 0 Å². The lowest BCUT2D eigenvalue weighted by Gasteiger charge is -2.20. The molecule has 0 bridgehead atoms. The van der Waals surface area contributed by atoms with Gasteiger partial charge in [0, 0.05) is 22.4 Å². The molecule has 0 saturated heterocycles. The van der Waals surface area contributed by atoms with Crippen LogP contribution in [0.15, 0.2) is 32.9 Å². The predicted octanol–water partition coefficient (Wildman–Crippen LogP) is 3.08. The summed E-state index contributed by atoms with van der Waals surface area (Å²) < 4.78 is 14.6. The first-order chi connectivity index (χ1) is 8.11. The number of halogens is 2. The third kappa shape index (κ3) is 2.54. The van der Waals surface area contributed by atoms with Crippen LogP contribution in [-0.4, -0.2) is 11.5 Å². The SMILES string of the molecule is CCC1CC(N)=NN=C1c1ccc(Br)cc1F. The van der Waals surface area contributed by atoms with E-state index in [9.17, 15) is 4.39 Å². The van der Waals surface area contributed by atoms with Gasteiger partial charge in [0.2, 0.25) is 0 Å². The quantitative estimate of drug-likeness (QED) is 0.896. The third-order valence-corrected chi connectivity index (χ3v) is 3.32. The van der Waals surface area contributed by atoms with Gasteiger partial charge in [0.15, 0.2) is 0 Å². The van der Waals surface area contributed by atoms with Crippen molar-refractivity contribution in [1.82, 2.24) is 0 Å². The summed E-state index contributed by atoms with van der Waals surface area (Å²) in [7, 11) is 0. The molecule has 0 fully saturated rings. The highest BCUT2D eigenvalue weighted by Gasteiger charge is 2.23. The van der Waals surface area contributed by atoms with Gasteiger partial charge in [-0.05, 0) is 24.6 Å². The molecule has 17 heavy (non-hydrogen) atoms. The smallest absolute Gasteiger partial charge is 0.133 e. The molecule has 0 aliphatic carbocycles. The monoisotopic (exact) mass is 297 g/mol. The van der Waals surface area contributed by atoms with E-state index in [1.165, 1.54) is 6.07 Å². The lowest BCUT2D eigenvalue weighted by atomic mass is 9.90. The molecule has 2 N–H and O–H groups in total. The summed E-state index contributed by atoms with van der Waals surface area (Å²) in [6.45, 7) is 2.04. The van der Waals surface area contributed by atoms with E-state index in [2.05, 4.69) is 26.1 Å². The van der Waals surface area contributed by atoms with Gasteiger partial charge < -0.3 is 5.73 Å². The number of nitrogens with zero attached hydrogens (tertiary/aromatic N) is 2. The first-order valence-corrected chi connectivity index (χ1v) is 6.26. The van der Waals surface area contributed by atoms with E-state index in [1.54, 1.807) is 12.1 Å². The number of hydrogen-bond acceptors (Lipinski definition) is 3. The van der Waals surface area contributed by atoms with E-state index in [0.29, 0.717) is 28.0 Å². The lowest BCUT2D eigenvalue weighted by molar-refractivity contribution is 0.615. The van der Waals surface area contributed by atoms with Crippen molar-refractivity contribution in [2.24, 2.45) is 21.9 Å². The number of nitrogens with two attached hydrogens (primary N) is 1. The van der Waals surface area contributed by atoms with Crippen LogP contribution in [0, 0.1) is 11.7 Å². The lowest BCUT2D eigenvalue weighted by Crippen LogP contribution is -2.27. The van der Waals surface area contributed by atoms with Crippen LogP contribution in [0.5, 0.6) is 0 Å². The Balaban J connectivity index is 2.44. The Kier molecular flexibility index (Phi) is 3.57. The Morgan fingerprint density at radius 1 is 1.47 bits per heavy atom. The van der Waals surface area contributed by atoms with Crippen molar-refractivity contribution in [3.63, 3.8) is 0 Å². The zero-order valence-electron chi connectivity index (χ0n) is 9.45.